The van der Waals surface area contributed by atoms with Crippen LogP contribution in [0.4, 0.5) is 0 Å². The molecule has 0 aliphatic heterocycles. The monoisotopic (exact) mass is 215 g/mol. The first kappa shape index (κ1) is 10.6. The van der Waals surface area contributed by atoms with E-state index in [0.717, 1.165) is 12.2 Å². The Kier molecular flexibility index (Phi) is 3.68. The first-order valence-electron chi connectivity index (χ1n) is 5.31. The van der Waals surface area contributed by atoms with Gasteiger partial charge in [0.1, 0.15) is 0 Å². The van der Waals surface area contributed by atoms with Gasteiger partial charge in [0, 0.05) is 4.90 Å². The zero-order valence-corrected chi connectivity index (χ0v) is 9.59. The highest BCUT2D eigenvalue weighted by molar-refractivity contribution is 7.99. The maximum atomic E-state index is 3.87. The summed E-state index contributed by atoms with van der Waals surface area (Å²) >= 11 is 1.93. The van der Waals surface area contributed by atoms with E-state index in [0.29, 0.717) is 0 Å². The van der Waals surface area contributed by atoms with Gasteiger partial charge in [0.15, 0.2) is 0 Å². The van der Waals surface area contributed by atoms with E-state index in [9.17, 15) is 0 Å². The Morgan fingerprint density at radius 1 is 1.00 bits per heavy atom. The number of hydrogen-bond acceptors (Lipinski definition) is 1. The smallest absolute Gasteiger partial charge is 0.0150 e. The van der Waals surface area contributed by atoms with E-state index in [-0.39, 0.29) is 0 Å². The van der Waals surface area contributed by atoms with Crippen LogP contribution in [0.1, 0.15) is 12.8 Å². The molecule has 2 rings (SSSR count). The number of fused-ring (bicyclic) bond motifs is 1. The zero-order valence-electron chi connectivity index (χ0n) is 8.78. The number of thioether (sulfide) groups is 1. The highest BCUT2D eigenvalue weighted by Gasteiger charge is 1.99. The van der Waals surface area contributed by atoms with E-state index in [2.05, 4.69) is 49.4 Å². The van der Waals surface area contributed by atoms with Crippen LogP contribution < -0.4 is 0 Å². The summed E-state index contributed by atoms with van der Waals surface area (Å²) in [6.07, 6.45) is 2.21. The molecule has 1 heteroatoms. The van der Waals surface area contributed by atoms with Crippen LogP contribution in [-0.2, 0) is 0 Å². The molecule has 15 heavy (non-hydrogen) atoms. The molecule has 0 bridgehead atoms. The number of unbranched alkanes of at least 4 members (excludes halogenated alkanes) is 1. The summed E-state index contributed by atoms with van der Waals surface area (Å²) in [7, 11) is 0. The van der Waals surface area contributed by atoms with E-state index in [4.69, 9.17) is 0 Å². The van der Waals surface area contributed by atoms with Gasteiger partial charge in [-0.2, -0.15) is 0 Å². The molecule has 1 radical (unpaired) electrons. The van der Waals surface area contributed by atoms with E-state index in [1.165, 1.54) is 22.1 Å². The van der Waals surface area contributed by atoms with Crippen LogP contribution in [0.5, 0.6) is 0 Å². The van der Waals surface area contributed by atoms with E-state index >= 15 is 0 Å². The van der Waals surface area contributed by atoms with Gasteiger partial charge in [0.25, 0.3) is 0 Å². The molecule has 0 nitrogen and oxygen atoms in total. The molecule has 0 spiro atoms. The molecule has 0 saturated heterocycles. The third-order valence-corrected chi connectivity index (χ3v) is 3.56. The largest absolute Gasteiger partial charge is 0.126 e. The molecule has 0 amide bonds. The average molecular weight is 215 g/mol. The lowest BCUT2D eigenvalue weighted by Crippen LogP contribution is -1.80. The lowest BCUT2D eigenvalue weighted by atomic mass is 10.1. The summed E-state index contributed by atoms with van der Waals surface area (Å²) in [5.41, 5.74) is 0. The first-order valence-corrected chi connectivity index (χ1v) is 6.30. The summed E-state index contributed by atoms with van der Waals surface area (Å²) in [5, 5.41) is 2.70. The molecule has 2 aromatic rings. The summed E-state index contributed by atoms with van der Waals surface area (Å²) in [4.78, 5) is 1.39. The molecule has 77 valence electrons. The van der Waals surface area contributed by atoms with Gasteiger partial charge in [-0.15, -0.1) is 11.8 Å². The van der Waals surface area contributed by atoms with Gasteiger partial charge in [-0.05, 0) is 29.0 Å². The normalized spacial score (nSPS) is 10.7. The molecule has 0 unspecified atom stereocenters. The number of rotatable bonds is 4. The quantitative estimate of drug-likeness (QED) is 0.532. The second-order valence-corrected chi connectivity index (χ2v) is 4.67. The van der Waals surface area contributed by atoms with Crippen molar-refractivity contribution >= 4 is 22.5 Å². The highest BCUT2D eigenvalue weighted by Crippen LogP contribution is 2.28. The van der Waals surface area contributed by atoms with Crippen LogP contribution in [-0.4, -0.2) is 5.75 Å². The van der Waals surface area contributed by atoms with Crippen molar-refractivity contribution in [3.8, 4) is 0 Å². The molecular formula is C14H15S. The van der Waals surface area contributed by atoms with Gasteiger partial charge in [0.2, 0.25) is 0 Å². The SMILES string of the molecule is [CH2]CCCSc1cccc2ccccc12. The Morgan fingerprint density at radius 3 is 2.67 bits per heavy atom. The molecule has 0 aliphatic rings. The van der Waals surface area contributed by atoms with Crippen molar-refractivity contribution in [2.45, 2.75) is 17.7 Å². The van der Waals surface area contributed by atoms with E-state index in [1.54, 1.807) is 0 Å². The molecule has 0 atom stereocenters. The van der Waals surface area contributed by atoms with Crippen LogP contribution in [0.2, 0.25) is 0 Å². The molecule has 0 heterocycles. The van der Waals surface area contributed by atoms with Crippen molar-refractivity contribution in [3.05, 3.63) is 49.4 Å². The fourth-order valence-electron chi connectivity index (χ4n) is 1.61. The standard InChI is InChI=1S/C14H15S/c1-2-3-11-15-14-10-6-8-12-7-4-5-9-13(12)14/h4-10H,1-3,11H2. The molecule has 2 aromatic carbocycles. The minimum absolute atomic E-state index is 1.03. The molecule has 0 saturated carbocycles. The topological polar surface area (TPSA) is 0 Å². The third kappa shape index (κ3) is 2.54. The zero-order chi connectivity index (χ0) is 10.5. The predicted molar refractivity (Wildman–Crippen MR) is 69.3 cm³/mol. The van der Waals surface area contributed by atoms with Crippen molar-refractivity contribution in [2.24, 2.45) is 0 Å². The fourth-order valence-corrected chi connectivity index (χ4v) is 2.69. The Hall–Kier alpha value is -0.950. The lowest BCUT2D eigenvalue weighted by molar-refractivity contribution is 0.969. The van der Waals surface area contributed by atoms with Gasteiger partial charge in [-0.3, -0.25) is 0 Å². The molecule has 0 aromatic heterocycles. The Balaban J connectivity index is 2.26. The summed E-state index contributed by atoms with van der Waals surface area (Å²) in [6, 6.07) is 15.1. The third-order valence-electron chi connectivity index (χ3n) is 2.40. The van der Waals surface area contributed by atoms with Gasteiger partial charge < -0.3 is 0 Å². The fraction of sp³-hybridized carbons (Fsp3) is 0.214. The van der Waals surface area contributed by atoms with Crippen molar-refractivity contribution in [3.63, 3.8) is 0 Å². The summed E-state index contributed by atoms with van der Waals surface area (Å²) < 4.78 is 0. The van der Waals surface area contributed by atoms with Gasteiger partial charge in [-0.1, -0.05) is 49.7 Å². The average Bonchev–Trinajstić information content (AvgIpc) is 2.30. The van der Waals surface area contributed by atoms with Crippen LogP contribution in [0.25, 0.3) is 10.8 Å². The van der Waals surface area contributed by atoms with Crippen LogP contribution in [0.15, 0.2) is 47.4 Å². The second kappa shape index (κ2) is 5.22. The van der Waals surface area contributed by atoms with Crippen LogP contribution in [0, 0.1) is 6.92 Å². The maximum absolute atomic E-state index is 3.87. The minimum atomic E-state index is 1.03. The van der Waals surface area contributed by atoms with Gasteiger partial charge >= 0.3 is 0 Å². The molecular weight excluding hydrogens is 200 g/mol. The van der Waals surface area contributed by atoms with Gasteiger partial charge in [-0.25, -0.2) is 0 Å². The first-order chi connectivity index (χ1) is 7.42. The van der Waals surface area contributed by atoms with Crippen molar-refractivity contribution in [1.82, 2.24) is 0 Å². The van der Waals surface area contributed by atoms with Crippen molar-refractivity contribution in [2.75, 3.05) is 5.75 Å². The number of hydrogen-bond donors (Lipinski definition) is 0. The molecule has 0 fully saturated rings. The van der Waals surface area contributed by atoms with Crippen LogP contribution >= 0.6 is 11.8 Å². The summed E-state index contributed by atoms with van der Waals surface area (Å²) in [6.45, 7) is 3.87. The number of benzene rings is 2. The Labute approximate surface area is 95.7 Å². The highest BCUT2D eigenvalue weighted by atomic mass is 32.2. The maximum Gasteiger partial charge on any atom is 0.0150 e. The summed E-state index contributed by atoms with van der Waals surface area (Å²) in [5.74, 6) is 1.16. The van der Waals surface area contributed by atoms with E-state index < -0.39 is 0 Å². The van der Waals surface area contributed by atoms with Crippen molar-refractivity contribution < 1.29 is 0 Å². The van der Waals surface area contributed by atoms with Crippen LogP contribution in [0.3, 0.4) is 0 Å². The van der Waals surface area contributed by atoms with Crippen molar-refractivity contribution in [1.29, 1.82) is 0 Å². The second-order valence-electron chi connectivity index (χ2n) is 3.53. The Morgan fingerprint density at radius 2 is 1.80 bits per heavy atom. The minimum Gasteiger partial charge on any atom is -0.126 e. The van der Waals surface area contributed by atoms with E-state index in [1.807, 2.05) is 11.8 Å². The molecule has 0 N–H and O–H groups in total. The lowest BCUT2D eigenvalue weighted by Gasteiger charge is -2.05. The van der Waals surface area contributed by atoms with Gasteiger partial charge in [0.05, 0.1) is 0 Å². The Bertz CT molecular complexity index is 429. The predicted octanol–water partition coefficient (Wildman–Crippen LogP) is 4.55. The molecule has 0 aliphatic carbocycles.